The molecule has 280 valence electrons. The molecular formula is C46H76N2Ni. The molecule has 0 saturated heterocycles. The first-order valence-corrected chi connectivity index (χ1v) is 21.0. The van der Waals surface area contributed by atoms with Crippen molar-refractivity contribution in [2.45, 2.75) is 207 Å². The third kappa shape index (κ3) is 23.4. The van der Waals surface area contributed by atoms with Crippen molar-refractivity contribution >= 4 is 22.8 Å². The van der Waals surface area contributed by atoms with Crippen LogP contribution in [0.3, 0.4) is 0 Å². The summed E-state index contributed by atoms with van der Waals surface area (Å²) in [5.74, 6) is 0. The Morgan fingerprint density at radius 2 is 0.673 bits per heavy atom. The van der Waals surface area contributed by atoms with Crippen molar-refractivity contribution < 1.29 is 16.5 Å². The van der Waals surface area contributed by atoms with Crippen LogP contribution in [0.4, 0.5) is 11.4 Å². The summed E-state index contributed by atoms with van der Waals surface area (Å²) in [4.78, 5) is 10.4. The van der Waals surface area contributed by atoms with E-state index in [1.807, 2.05) is 0 Å². The van der Waals surface area contributed by atoms with Crippen molar-refractivity contribution in [3.05, 3.63) is 59.7 Å². The summed E-state index contributed by atoms with van der Waals surface area (Å²) in [6.07, 6.45) is 37.1. The summed E-state index contributed by atoms with van der Waals surface area (Å²) in [6.45, 7) is 9.11. The summed E-state index contributed by atoms with van der Waals surface area (Å²) < 4.78 is 0. The van der Waals surface area contributed by atoms with Gasteiger partial charge in [0, 0.05) is 16.5 Å². The largest absolute Gasteiger partial charge is 0.252 e. The Balaban J connectivity index is 0.0000120. The maximum absolute atomic E-state index is 5.21. The van der Waals surface area contributed by atoms with E-state index in [0.717, 1.165) is 29.9 Å². The molecule has 0 aliphatic heterocycles. The van der Waals surface area contributed by atoms with Gasteiger partial charge in [0.05, 0.1) is 22.8 Å². The first-order valence-electron chi connectivity index (χ1n) is 21.0. The number of hydrogen-bond donors (Lipinski definition) is 0. The molecule has 2 nitrogen and oxygen atoms in total. The molecule has 2 aromatic rings. The van der Waals surface area contributed by atoms with Crippen molar-refractivity contribution in [1.29, 1.82) is 0 Å². The van der Waals surface area contributed by atoms with Gasteiger partial charge >= 0.3 is 0 Å². The maximum atomic E-state index is 5.21. The van der Waals surface area contributed by atoms with Crippen molar-refractivity contribution in [1.82, 2.24) is 0 Å². The minimum Gasteiger partial charge on any atom is -0.252 e. The van der Waals surface area contributed by atoms with Crippen molar-refractivity contribution in [3.63, 3.8) is 0 Å². The monoisotopic (exact) mass is 715 g/mol. The van der Waals surface area contributed by atoms with E-state index in [1.54, 1.807) is 0 Å². The number of rotatable bonds is 31. The molecule has 0 unspecified atom stereocenters. The van der Waals surface area contributed by atoms with Gasteiger partial charge in [-0.1, -0.05) is 187 Å². The Morgan fingerprint density at radius 3 is 1.02 bits per heavy atom. The second kappa shape index (κ2) is 32.2. The van der Waals surface area contributed by atoms with Gasteiger partial charge in [0.1, 0.15) is 0 Å². The van der Waals surface area contributed by atoms with Crippen molar-refractivity contribution in [2.24, 2.45) is 9.98 Å². The van der Waals surface area contributed by atoms with E-state index in [1.165, 1.54) is 184 Å². The Labute approximate surface area is 315 Å². The first-order chi connectivity index (χ1) is 23.7. The number of nitrogens with zero attached hydrogens (tertiary/aromatic N) is 2. The predicted octanol–water partition coefficient (Wildman–Crippen LogP) is 15.8. The Hall–Kier alpha value is -1.73. The average molecular weight is 716 g/mol. The van der Waals surface area contributed by atoms with Crippen LogP contribution in [0.15, 0.2) is 58.5 Å². The Bertz CT molecular complexity index is 1070. The van der Waals surface area contributed by atoms with Crippen LogP contribution in [0.25, 0.3) is 0 Å². The zero-order valence-corrected chi connectivity index (χ0v) is 33.6. The molecule has 0 atom stereocenters. The summed E-state index contributed by atoms with van der Waals surface area (Å²) in [6, 6.07) is 18.1. The van der Waals surface area contributed by atoms with Crippen LogP contribution in [-0.4, -0.2) is 11.4 Å². The molecule has 0 saturated carbocycles. The standard InChI is InChI=1S/C46H76N2.Ni/c1-5-9-12-15-17-19-21-23-25-27-30-41-33-37-43(38-34-41)47-45(8-4)46(32-29-14-11-7-3)48-44-39-35-42(36-40-44)31-28-26-24-22-20-18-16-13-10-6-2;/h33-40H,5-32H2,1-4H3;/b47-45+,48-46+;. The zero-order chi connectivity index (χ0) is 34.3. The molecule has 0 heterocycles. The number of aryl methyl sites for hydroxylation is 2. The molecule has 0 fully saturated rings. The zero-order valence-electron chi connectivity index (χ0n) is 32.6. The fraction of sp³-hybridized carbons (Fsp3) is 0.696. The van der Waals surface area contributed by atoms with Crippen LogP contribution in [0, 0.1) is 0 Å². The van der Waals surface area contributed by atoms with Crippen LogP contribution >= 0.6 is 0 Å². The van der Waals surface area contributed by atoms with Crippen LogP contribution in [0.5, 0.6) is 0 Å². The fourth-order valence-electron chi connectivity index (χ4n) is 6.75. The minimum absolute atomic E-state index is 0. The summed E-state index contributed by atoms with van der Waals surface area (Å²) in [5.41, 5.74) is 7.33. The number of aliphatic imine (C=N–C) groups is 2. The molecule has 0 spiro atoms. The predicted molar refractivity (Wildman–Crippen MR) is 217 cm³/mol. The van der Waals surface area contributed by atoms with Gasteiger partial charge in [0.15, 0.2) is 0 Å². The molecule has 2 rings (SSSR count). The molecule has 0 aromatic heterocycles. The second-order valence-electron chi connectivity index (χ2n) is 14.5. The second-order valence-corrected chi connectivity index (χ2v) is 14.5. The smallest absolute Gasteiger partial charge is 0.0633 e. The van der Waals surface area contributed by atoms with E-state index >= 15 is 0 Å². The molecule has 3 heteroatoms. The van der Waals surface area contributed by atoms with Crippen LogP contribution < -0.4 is 0 Å². The third-order valence-corrected chi connectivity index (χ3v) is 9.97. The first kappa shape index (κ1) is 45.3. The minimum atomic E-state index is 0. The van der Waals surface area contributed by atoms with E-state index in [0.29, 0.717) is 0 Å². The van der Waals surface area contributed by atoms with Gasteiger partial charge in [-0.05, 0) is 80.3 Å². The quantitative estimate of drug-likeness (QED) is 0.0422. The van der Waals surface area contributed by atoms with Gasteiger partial charge < -0.3 is 0 Å². The molecular weight excluding hydrogens is 639 g/mol. The molecule has 0 aliphatic rings. The average Bonchev–Trinajstić information content (AvgIpc) is 3.11. The van der Waals surface area contributed by atoms with Gasteiger partial charge in [-0.2, -0.15) is 0 Å². The molecule has 0 N–H and O–H groups in total. The van der Waals surface area contributed by atoms with E-state index in [4.69, 9.17) is 9.98 Å². The maximum Gasteiger partial charge on any atom is 0.0633 e. The molecule has 0 aliphatic carbocycles. The molecule has 2 aromatic carbocycles. The topological polar surface area (TPSA) is 24.7 Å². The number of benzene rings is 2. The van der Waals surface area contributed by atoms with Gasteiger partial charge in [-0.3, -0.25) is 9.98 Å². The Kier molecular flexibility index (Phi) is 29.8. The van der Waals surface area contributed by atoms with Gasteiger partial charge in [0.2, 0.25) is 0 Å². The van der Waals surface area contributed by atoms with E-state index < -0.39 is 0 Å². The van der Waals surface area contributed by atoms with Crippen molar-refractivity contribution in [2.75, 3.05) is 0 Å². The molecule has 0 bridgehead atoms. The fourth-order valence-corrected chi connectivity index (χ4v) is 6.75. The number of hydrogen-bond acceptors (Lipinski definition) is 2. The summed E-state index contributed by atoms with van der Waals surface area (Å²) in [7, 11) is 0. The SMILES string of the molecule is CCCCCCCCCCCCc1ccc(/N=C(CC)/C(CCCCCC)=N/c2ccc(CCCCCCCCCCCC)cc2)cc1.[Ni]. The van der Waals surface area contributed by atoms with E-state index in [9.17, 15) is 0 Å². The molecule has 0 amide bonds. The van der Waals surface area contributed by atoms with Crippen LogP contribution in [0.2, 0.25) is 0 Å². The molecule has 0 radical (unpaired) electrons. The van der Waals surface area contributed by atoms with E-state index in [-0.39, 0.29) is 16.5 Å². The number of unbranched alkanes of at least 4 members (excludes halogenated alkanes) is 21. The van der Waals surface area contributed by atoms with Crippen LogP contribution in [-0.2, 0) is 29.3 Å². The molecule has 49 heavy (non-hydrogen) atoms. The van der Waals surface area contributed by atoms with Gasteiger partial charge in [0.25, 0.3) is 0 Å². The van der Waals surface area contributed by atoms with Crippen molar-refractivity contribution in [3.8, 4) is 0 Å². The van der Waals surface area contributed by atoms with E-state index in [2.05, 4.69) is 76.2 Å². The summed E-state index contributed by atoms with van der Waals surface area (Å²) in [5, 5.41) is 0. The third-order valence-electron chi connectivity index (χ3n) is 9.97. The van der Waals surface area contributed by atoms with Gasteiger partial charge in [-0.25, -0.2) is 0 Å². The summed E-state index contributed by atoms with van der Waals surface area (Å²) >= 11 is 0. The van der Waals surface area contributed by atoms with Gasteiger partial charge in [-0.15, -0.1) is 0 Å². The normalized spacial score (nSPS) is 12.0. The van der Waals surface area contributed by atoms with Crippen LogP contribution in [0.1, 0.15) is 206 Å². The Morgan fingerprint density at radius 1 is 0.367 bits per heavy atom.